The number of rotatable bonds is 7. The fourth-order valence-corrected chi connectivity index (χ4v) is 8.88. The third-order valence-corrected chi connectivity index (χ3v) is 11.5. The highest BCUT2D eigenvalue weighted by molar-refractivity contribution is 6.24. The van der Waals surface area contributed by atoms with Crippen LogP contribution in [0.2, 0.25) is 0 Å². The molecular formula is C56H38N2. The Morgan fingerprint density at radius 3 is 1.66 bits per heavy atom. The number of nitrogens with zero attached hydrogens (tertiary/aromatic N) is 2. The quantitative estimate of drug-likeness (QED) is 0.158. The van der Waals surface area contributed by atoms with Crippen molar-refractivity contribution < 1.29 is 0 Å². The highest BCUT2D eigenvalue weighted by Gasteiger charge is 2.21. The zero-order chi connectivity index (χ0) is 38.4. The van der Waals surface area contributed by atoms with Crippen molar-refractivity contribution in [3.63, 3.8) is 0 Å². The maximum absolute atomic E-state index is 2.44. The first-order valence-electron chi connectivity index (χ1n) is 19.9. The van der Waals surface area contributed by atoms with Crippen LogP contribution in [-0.2, 0) is 0 Å². The van der Waals surface area contributed by atoms with E-state index in [9.17, 15) is 0 Å². The minimum absolute atomic E-state index is 1.10. The van der Waals surface area contributed by atoms with Crippen LogP contribution in [0.1, 0.15) is 0 Å². The number of benzene rings is 10. The van der Waals surface area contributed by atoms with Crippen LogP contribution < -0.4 is 4.90 Å². The summed E-state index contributed by atoms with van der Waals surface area (Å²) in [5.74, 6) is 0. The van der Waals surface area contributed by atoms with E-state index in [2.05, 4.69) is 240 Å². The van der Waals surface area contributed by atoms with Gasteiger partial charge in [-0.3, -0.25) is 0 Å². The fourth-order valence-electron chi connectivity index (χ4n) is 8.88. The number of hydrogen-bond acceptors (Lipinski definition) is 1. The van der Waals surface area contributed by atoms with Gasteiger partial charge in [0.25, 0.3) is 0 Å². The third kappa shape index (κ3) is 5.74. The number of hydrogen-bond donors (Lipinski definition) is 0. The summed E-state index contributed by atoms with van der Waals surface area (Å²) in [5.41, 5.74) is 14.1. The summed E-state index contributed by atoms with van der Waals surface area (Å²) in [7, 11) is 0. The first-order valence-corrected chi connectivity index (χ1v) is 19.9. The van der Waals surface area contributed by atoms with Crippen LogP contribution in [-0.4, -0.2) is 4.57 Å². The Morgan fingerprint density at radius 2 is 0.879 bits per heavy atom. The van der Waals surface area contributed by atoms with Gasteiger partial charge in [-0.25, -0.2) is 0 Å². The van der Waals surface area contributed by atoms with E-state index in [4.69, 9.17) is 0 Å². The van der Waals surface area contributed by atoms with Gasteiger partial charge >= 0.3 is 0 Å². The van der Waals surface area contributed by atoms with E-state index in [1.165, 1.54) is 76.7 Å². The monoisotopic (exact) mass is 738 g/mol. The predicted molar refractivity (Wildman–Crippen MR) is 247 cm³/mol. The van der Waals surface area contributed by atoms with Crippen LogP contribution in [0.4, 0.5) is 17.1 Å². The lowest BCUT2D eigenvalue weighted by molar-refractivity contribution is 1.19. The van der Waals surface area contributed by atoms with Crippen molar-refractivity contribution in [2.75, 3.05) is 4.90 Å². The van der Waals surface area contributed by atoms with Gasteiger partial charge in [-0.15, -0.1) is 0 Å². The van der Waals surface area contributed by atoms with Gasteiger partial charge in [-0.1, -0.05) is 170 Å². The second kappa shape index (κ2) is 14.1. The average molecular weight is 739 g/mol. The zero-order valence-corrected chi connectivity index (χ0v) is 31.8. The van der Waals surface area contributed by atoms with E-state index in [1.54, 1.807) is 0 Å². The molecule has 2 nitrogen and oxygen atoms in total. The summed E-state index contributed by atoms with van der Waals surface area (Å²) >= 11 is 0. The molecule has 0 bridgehead atoms. The van der Waals surface area contributed by atoms with Gasteiger partial charge in [0.1, 0.15) is 0 Å². The predicted octanol–water partition coefficient (Wildman–Crippen LogP) is 15.6. The minimum Gasteiger partial charge on any atom is -0.310 e. The Labute approximate surface area is 338 Å². The highest BCUT2D eigenvalue weighted by Crippen LogP contribution is 2.45. The largest absolute Gasteiger partial charge is 0.310 e. The Bertz CT molecular complexity index is 3270. The van der Waals surface area contributed by atoms with Gasteiger partial charge in [-0.05, 0) is 110 Å². The molecule has 1 heterocycles. The third-order valence-electron chi connectivity index (χ3n) is 11.5. The van der Waals surface area contributed by atoms with Gasteiger partial charge < -0.3 is 9.47 Å². The molecule has 0 saturated heterocycles. The van der Waals surface area contributed by atoms with Crippen LogP contribution in [0.25, 0.3) is 82.4 Å². The lowest BCUT2D eigenvalue weighted by Crippen LogP contribution is -2.10. The molecule has 0 aliphatic heterocycles. The summed E-state index contributed by atoms with van der Waals surface area (Å²) in [6.45, 7) is 0. The summed E-state index contributed by atoms with van der Waals surface area (Å²) in [5, 5.41) is 7.39. The summed E-state index contributed by atoms with van der Waals surface area (Å²) < 4.78 is 2.44. The standard InChI is InChI=1S/C56H38N2/c1-3-17-40(18-4-1)49-25-11-12-26-50(49)41-31-33-46(34-32-41)57(48-35-30-39-16-7-8-19-42(39)36-48)47-24-15-21-43(37-47)53-38-44-20-9-10-27-51(44)56-55(53)52-28-13-14-29-54(52)58(56)45-22-5-2-6-23-45/h1-38H. The van der Waals surface area contributed by atoms with Gasteiger partial charge in [0, 0.05) is 38.9 Å². The molecule has 0 aliphatic rings. The molecule has 11 rings (SSSR count). The lowest BCUT2D eigenvalue weighted by Gasteiger charge is -2.27. The van der Waals surface area contributed by atoms with E-state index in [1.807, 2.05) is 0 Å². The van der Waals surface area contributed by atoms with E-state index < -0.39 is 0 Å². The van der Waals surface area contributed by atoms with Crippen molar-refractivity contribution in [1.29, 1.82) is 0 Å². The number of para-hydroxylation sites is 2. The van der Waals surface area contributed by atoms with Gasteiger partial charge in [0.05, 0.1) is 11.0 Å². The second-order valence-electron chi connectivity index (χ2n) is 14.9. The number of fused-ring (bicyclic) bond motifs is 6. The highest BCUT2D eigenvalue weighted by atomic mass is 15.1. The molecule has 0 amide bonds. The van der Waals surface area contributed by atoms with Gasteiger partial charge in [0.2, 0.25) is 0 Å². The molecule has 1 aromatic heterocycles. The normalized spacial score (nSPS) is 11.4. The maximum Gasteiger partial charge on any atom is 0.0625 e. The van der Waals surface area contributed by atoms with Crippen LogP contribution in [0.5, 0.6) is 0 Å². The SMILES string of the molecule is c1ccc(-c2ccccc2-c2ccc(N(c3cccc(-c4cc5ccccc5c5c4c4ccccc4n5-c4ccccc4)c3)c3ccc4ccccc4c3)cc2)cc1. The summed E-state index contributed by atoms with van der Waals surface area (Å²) in [4.78, 5) is 2.40. The van der Waals surface area contributed by atoms with Crippen molar-refractivity contribution in [3.05, 3.63) is 231 Å². The first-order chi connectivity index (χ1) is 28.8. The van der Waals surface area contributed by atoms with E-state index >= 15 is 0 Å². The molecule has 0 radical (unpaired) electrons. The summed E-state index contributed by atoms with van der Waals surface area (Å²) in [6, 6.07) is 83.7. The number of aromatic nitrogens is 1. The van der Waals surface area contributed by atoms with E-state index in [-0.39, 0.29) is 0 Å². The lowest BCUT2D eigenvalue weighted by atomic mass is 9.94. The Morgan fingerprint density at radius 1 is 0.310 bits per heavy atom. The fraction of sp³-hybridized carbons (Fsp3) is 0. The van der Waals surface area contributed by atoms with E-state index in [0.717, 1.165) is 22.7 Å². The molecule has 2 heteroatoms. The molecule has 0 spiro atoms. The minimum atomic E-state index is 1.10. The van der Waals surface area contributed by atoms with Crippen LogP contribution in [0, 0.1) is 0 Å². The Hall–Kier alpha value is -7.68. The van der Waals surface area contributed by atoms with Crippen molar-refractivity contribution in [1.82, 2.24) is 4.57 Å². The molecule has 10 aromatic carbocycles. The first kappa shape index (κ1) is 33.6. The van der Waals surface area contributed by atoms with Crippen molar-refractivity contribution in [3.8, 4) is 39.1 Å². The van der Waals surface area contributed by atoms with Crippen molar-refractivity contribution in [2.45, 2.75) is 0 Å². The molecule has 0 saturated carbocycles. The second-order valence-corrected chi connectivity index (χ2v) is 14.9. The van der Waals surface area contributed by atoms with Crippen LogP contribution in [0.3, 0.4) is 0 Å². The van der Waals surface area contributed by atoms with Crippen molar-refractivity contribution >= 4 is 60.4 Å². The van der Waals surface area contributed by atoms with Gasteiger partial charge in [-0.2, -0.15) is 0 Å². The molecule has 272 valence electrons. The van der Waals surface area contributed by atoms with Crippen LogP contribution >= 0.6 is 0 Å². The molecule has 58 heavy (non-hydrogen) atoms. The zero-order valence-electron chi connectivity index (χ0n) is 31.8. The number of anilines is 3. The Kier molecular flexibility index (Phi) is 8.19. The molecule has 0 atom stereocenters. The topological polar surface area (TPSA) is 8.17 Å². The molecule has 0 N–H and O–H groups in total. The summed E-state index contributed by atoms with van der Waals surface area (Å²) in [6.07, 6.45) is 0. The smallest absolute Gasteiger partial charge is 0.0625 e. The van der Waals surface area contributed by atoms with Gasteiger partial charge in [0.15, 0.2) is 0 Å². The molecule has 0 fully saturated rings. The maximum atomic E-state index is 2.44. The average Bonchev–Trinajstić information content (AvgIpc) is 3.65. The molecular weight excluding hydrogens is 701 g/mol. The van der Waals surface area contributed by atoms with Crippen LogP contribution in [0.15, 0.2) is 231 Å². The van der Waals surface area contributed by atoms with Crippen molar-refractivity contribution in [2.24, 2.45) is 0 Å². The van der Waals surface area contributed by atoms with E-state index in [0.29, 0.717) is 0 Å². The molecule has 0 aliphatic carbocycles. The Balaban J connectivity index is 1.11. The molecule has 0 unspecified atom stereocenters. The molecule has 11 aromatic rings.